The fourth-order valence-corrected chi connectivity index (χ4v) is 4.10. The third-order valence-corrected chi connectivity index (χ3v) is 5.64. The smallest absolute Gasteiger partial charge is 0.203 e. The average Bonchev–Trinajstić information content (AvgIpc) is 3.03. The van der Waals surface area contributed by atoms with Crippen LogP contribution >= 0.6 is 24.8 Å². The van der Waals surface area contributed by atoms with E-state index in [1.54, 1.807) is 0 Å². The SMILES string of the molecule is Cl.Cl.N=c1n(CCN2CCCCC2)c2ccccc2n1CC(O)COc1ccccc1. The minimum Gasteiger partial charge on any atom is -0.491 e. The van der Waals surface area contributed by atoms with Crippen LogP contribution in [0.25, 0.3) is 11.0 Å². The number of nitrogens with one attached hydrogen (secondary N) is 1. The van der Waals surface area contributed by atoms with E-state index in [9.17, 15) is 5.11 Å². The Bertz CT molecular complexity index is 984. The number of ether oxygens (including phenoxy) is 1. The Labute approximate surface area is 195 Å². The maximum absolute atomic E-state index is 10.5. The molecule has 1 atom stereocenters. The van der Waals surface area contributed by atoms with Crippen LogP contribution in [0, 0.1) is 5.41 Å². The summed E-state index contributed by atoms with van der Waals surface area (Å²) in [6.45, 7) is 4.60. The van der Waals surface area contributed by atoms with Crippen molar-refractivity contribution < 1.29 is 9.84 Å². The van der Waals surface area contributed by atoms with E-state index in [1.165, 1.54) is 19.3 Å². The number of aromatic nitrogens is 2. The van der Waals surface area contributed by atoms with Gasteiger partial charge in [-0.1, -0.05) is 36.8 Å². The van der Waals surface area contributed by atoms with Crippen LogP contribution in [0.4, 0.5) is 0 Å². The van der Waals surface area contributed by atoms with E-state index in [-0.39, 0.29) is 31.4 Å². The number of aliphatic hydroxyl groups is 1. The van der Waals surface area contributed by atoms with E-state index in [4.69, 9.17) is 10.1 Å². The van der Waals surface area contributed by atoms with E-state index in [0.29, 0.717) is 12.2 Å². The van der Waals surface area contributed by atoms with Gasteiger partial charge in [0.1, 0.15) is 18.5 Å². The molecular weight excluding hydrogens is 435 g/mol. The third kappa shape index (κ3) is 6.26. The van der Waals surface area contributed by atoms with Gasteiger partial charge in [0.25, 0.3) is 0 Å². The number of hydrogen-bond donors (Lipinski definition) is 2. The van der Waals surface area contributed by atoms with Gasteiger partial charge in [0.2, 0.25) is 5.62 Å². The number of likely N-dealkylation sites (tertiary alicyclic amines) is 1. The largest absolute Gasteiger partial charge is 0.491 e. The van der Waals surface area contributed by atoms with E-state index in [1.807, 2.05) is 53.1 Å². The minimum atomic E-state index is -0.689. The lowest BCUT2D eigenvalue weighted by molar-refractivity contribution is 0.0920. The molecule has 1 aliphatic heterocycles. The number of para-hydroxylation sites is 3. The summed E-state index contributed by atoms with van der Waals surface area (Å²) in [6, 6.07) is 17.6. The van der Waals surface area contributed by atoms with Crippen molar-refractivity contribution in [1.82, 2.24) is 14.0 Å². The van der Waals surface area contributed by atoms with Crippen LogP contribution in [0.5, 0.6) is 5.75 Å². The van der Waals surface area contributed by atoms with Crippen LogP contribution in [0.15, 0.2) is 54.6 Å². The van der Waals surface area contributed by atoms with Gasteiger partial charge in [-0.2, -0.15) is 0 Å². The molecule has 31 heavy (non-hydrogen) atoms. The first-order chi connectivity index (χ1) is 14.2. The number of hydrogen-bond acceptors (Lipinski definition) is 4. The molecule has 0 amide bonds. The summed E-state index contributed by atoms with van der Waals surface area (Å²) in [6.07, 6.45) is 3.18. The van der Waals surface area contributed by atoms with Crippen LogP contribution in [0.2, 0.25) is 0 Å². The molecule has 6 nitrogen and oxygen atoms in total. The van der Waals surface area contributed by atoms with Gasteiger partial charge in [-0.3, -0.25) is 5.41 Å². The summed E-state index contributed by atoms with van der Waals surface area (Å²) < 4.78 is 9.65. The summed E-state index contributed by atoms with van der Waals surface area (Å²) in [5.74, 6) is 0.742. The summed E-state index contributed by atoms with van der Waals surface area (Å²) in [4.78, 5) is 2.49. The topological polar surface area (TPSA) is 66.4 Å². The zero-order chi connectivity index (χ0) is 20.1. The fraction of sp³-hybridized carbons (Fsp3) is 0.435. The van der Waals surface area contributed by atoms with Gasteiger partial charge < -0.3 is 23.9 Å². The van der Waals surface area contributed by atoms with E-state index >= 15 is 0 Å². The highest BCUT2D eigenvalue weighted by atomic mass is 35.5. The first-order valence-electron chi connectivity index (χ1n) is 10.5. The quantitative estimate of drug-likeness (QED) is 0.531. The Morgan fingerprint density at radius 1 is 0.839 bits per heavy atom. The van der Waals surface area contributed by atoms with Crippen molar-refractivity contribution in [3.8, 4) is 5.75 Å². The van der Waals surface area contributed by atoms with Crippen molar-refractivity contribution in [2.45, 2.75) is 38.5 Å². The number of piperidine rings is 1. The lowest BCUT2D eigenvalue weighted by Gasteiger charge is -2.26. The predicted octanol–water partition coefficient (Wildman–Crippen LogP) is 3.69. The van der Waals surface area contributed by atoms with E-state index in [2.05, 4.69) is 15.5 Å². The molecule has 0 bridgehead atoms. The molecule has 1 fully saturated rings. The first kappa shape index (κ1) is 25.3. The van der Waals surface area contributed by atoms with Gasteiger partial charge in [-0.25, -0.2) is 0 Å². The van der Waals surface area contributed by atoms with Gasteiger partial charge in [0.05, 0.1) is 17.6 Å². The molecular formula is C23H32Cl2N4O2. The molecule has 4 rings (SSSR count). The van der Waals surface area contributed by atoms with Crippen LogP contribution in [-0.4, -0.2) is 51.5 Å². The van der Waals surface area contributed by atoms with Crippen LogP contribution in [-0.2, 0) is 13.1 Å². The zero-order valence-corrected chi connectivity index (χ0v) is 19.3. The van der Waals surface area contributed by atoms with E-state index < -0.39 is 6.10 Å². The summed E-state index contributed by atoms with van der Waals surface area (Å²) in [5, 5.41) is 19.3. The number of halogens is 2. The summed E-state index contributed by atoms with van der Waals surface area (Å²) in [5.41, 5.74) is 2.46. The van der Waals surface area contributed by atoms with Gasteiger partial charge >= 0.3 is 0 Å². The maximum Gasteiger partial charge on any atom is 0.203 e. The van der Waals surface area contributed by atoms with Crippen LogP contribution in [0.1, 0.15) is 19.3 Å². The van der Waals surface area contributed by atoms with E-state index in [0.717, 1.165) is 43.0 Å². The van der Waals surface area contributed by atoms with Crippen molar-refractivity contribution in [3.05, 3.63) is 60.2 Å². The Kier molecular flexibility index (Phi) is 9.91. The molecule has 2 N–H and O–H groups in total. The second kappa shape index (κ2) is 12.2. The minimum absolute atomic E-state index is 0. The molecule has 0 saturated carbocycles. The highest BCUT2D eigenvalue weighted by Crippen LogP contribution is 2.15. The Morgan fingerprint density at radius 2 is 1.45 bits per heavy atom. The zero-order valence-electron chi connectivity index (χ0n) is 17.7. The Morgan fingerprint density at radius 3 is 2.13 bits per heavy atom. The molecule has 3 aromatic rings. The van der Waals surface area contributed by atoms with Gasteiger partial charge in [-0.05, 0) is 50.2 Å². The second-order valence-electron chi connectivity index (χ2n) is 7.75. The maximum atomic E-state index is 10.5. The Balaban J connectivity index is 0.00000171. The second-order valence-corrected chi connectivity index (χ2v) is 7.75. The van der Waals surface area contributed by atoms with Crippen LogP contribution < -0.4 is 10.4 Å². The summed E-state index contributed by atoms with van der Waals surface area (Å²) >= 11 is 0. The predicted molar refractivity (Wildman–Crippen MR) is 129 cm³/mol. The Hall–Kier alpha value is -1.99. The number of rotatable bonds is 8. The summed E-state index contributed by atoms with van der Waals surface area (Å²) in [7, 11) is 0. The molecule has 0 spiro atoms. The van der Waals surface area contributed by atoms with Crippen molar-refractivity contribution in [2.75, 3.05) is 26.2 Å². The fourth-order valence-electron chi connectivity index (χ4n) is 4.10. The lowest BCUT2D eigenvalue weighted by Crippen LogP contribution is -2.36. The van der Waals surface area contributed by atoms with Gasteiger partial charge in [-0.15, -0.1) is 24.8 Å². The van der Waals surface area contributed by atoms with Crippen molar-refractivity contribution in [2.24, 2.45) is 0 Å². The monoisotopic (exact) mass is 466 g/mol. The standard InChI is InChI=1S/C23H30N4O2.2ClH/c24-23-26(16-15-25-13-7-2-8-14-25)21-11-5-6-12-22(21)27(23)17-19(28)18-29-20-9-3-1-4-10-20;;/h1,3-6,9-12,19,24,28H,2,7-8,13-18H2;2*1H. The highest BCUT2D eigenvalue weighted by Gasteiger charge is 2.16. The number of nitrogens with zero attached hydrogens (tertiary/aromatic N) is 3. The third-order valence-electron chi connectivity index (χ3n) is 5.64. The van der Waals surface area contributed by atoms with Gasteiger partial charge in [0, 0.05) is 13.1 Å². The number of fused-ring (bicyclic) bond motifs is 1. The average molecular weight is 467 g/mol. The highest BCUT2D eigenvalue weighted by molar-refractivity contribution is 5.85. The normalized spacial score (nSPS) is 15.1. The van der Waals surface area contributed by atoms with Gasteiger partial charge in [0.15, 0.2) is 0 Å². The molecule has 170 valence electrons. The van der Waals surface area contributed by atoms with Crippen molar-refractivity contribution in [1.29, 1.82) is 5.41 Å². The molecule has 1 aliphatic rings. The van der Waals surface area contributed by atoms with Crippen LogP contribution in [0.3, 0.4) is 0 Å². The number of benzene rings is 2. The number of imidazole rings is 1. The molecule has 2 heterocycles. The molecule has 0 aliphatic carbocycles. The van der Waals surface area contributed by atoms with Crippen molar-refractivity contribution in [3.63, 3.8) is 0 Å². The molecule has 1 unspecified atom stereocenters. The molecule has 8 heteroatoms. The molecule has 0 radical (unpaired) electrons. The first-order valence-corrected chi connectivity index (χ1v) is 10.5. The van der Waals surface area contributed by atoms with Crippen molar-refractivity contribution >= 4 is 35.8 Å². The molecule has 1 aromatic heterocycles. The number of aliphatic hydroxyl groups excluding tert-OH is 1. The molecule has 1 saturated heterocycles. The lowest BCUT2D eigenvalue weighted by atomic mass is 10.1. The molecule has 2 aromatic carbocycles.